The van der Waals surface area contributed by atoms with Gasteiger partial charge in [-0.2, -0.15) is 0 Å². The molecule has 0 spiro atoms. The van der Waals surface area contributed by atoms with Gasteiger partial charge in [0, 0.05) is 24.5 Å². The molecule has 0 atom stereocenters. The van der Waals surface area contributed by atoms with E-state index in [0.29, 0.717) is 28.8 Å². The minimum absolute atomic E-state index is 0.00646. The third-order valence-corrected chi connectivity index (χ3v) is 4.87. The van der Waals surface area contributed by atoms with Gasteiger partial charge in [-0.1, -0.05) is 30.0 Å². The molecular formula is C20H19N5O3S. The molecule has 2 heterocycles. The zero-order chi connectivity index (χ0) is 20.6. The first-order chi connectivity index (χ1) is 14.1. The van der Waals surface area contributed by atoms with Gasteiger partial charge in [0.05, 0.1) is 18.4 Å². The van der Waals surface area contributed by atoms with Crippen molar-refractivity contribution in [1.82, 2.24) is 25.1 Å². The molecule has 0 saturated heterocycles. The zero-order valence-corrected chi connectivity index (χ0v) is 16.6. The van der Waals surface area contributed by atoms with Gasteiger partial charge in [-0.05, 0) is 24.3 Å². The third kappa shape index (κ3) is 4.88. The summed E-state index contributed by atoms with van der Waals surface area (Å²) in [4.78, 5) is 28.6. The van der Waals surface area contributed by atoms with Gasteiger partial charge in [0.25, 0.3) is 5.91 Å². The predicted octanol–water partition coefficient (Wildman–Crippen LogP) is 2.58. The molecule has 148 valence electrons. The van der Waals surface area contributed by atoms with E-state index in [1.54, 1.807) is 42.7 Å². The molecule has 29 heavy (non-hydrogen) atoms. The summed E-state index contributed by atoms with van der Waals surface area (Å²) in [6.45, 7) is 4.24. The lowest BCUT2D eigenvalue weighted by molar-refractivity contribution is -0.117. The molecule has 1 N–H and O–H groups in total. The van der Waals surface area contributed by atoms with Crippen LogP contribution >= 0.6 is 11.8 Å². The van der Waals surface area contributed by atoms with Crippen molar-refractivity contribution in [3.63, 3.8) is 0 Å². The molecule has 0 radical (unpaired) electrons. The maximum absolute atomic E-state index is 12.3. The van der Waals surface area contributed by atoms with E-state index in [1.807, 2.05) is 16.7 Å². The Hall–Kier alpha value is -3.46. The Balaban J connectivity index is 1.68. The van der Waals surface area contributed by atoms with Crippen LogP contribution in [-0.2, 0) is 11.3 Å². The number of thioether (sulfide) groups is 1. The highest BCUT2D eigenvalue weighted by Gasteiger charge is 2.17. The number of nitrogens with zero attached hydrogens (tertiary/aromatic N) is 4. The smallest absolute Gasteiger partial charge is 0.261 e. The molecule has 9 heteroatoms. The average Bonchev–Trinajstić information content (AvgIpc) is 3.15. The van der Waals surface area contributed by atoms with Gasteiger partial charge >= 0.3 is 0 Å². The van der Waals surface area contributed by atoms with Crippen molar-refractivity contribution < 1.29 is 14.3 Å². The van der Waals surface area contributed by atoms with E-state index in [-0.39, 0.29) is 5.75 Å². The molecule has 0 aliphatic heterocycles. The van der Waals surface area contributed by atoms with Crippen LogP contribution in [0.15, 0.2) is 66.6 Å². The van der Waals surface area contributed by atoms with Gasteiger partial charge < -0.3 is 4.74 Å². The lowest BCUT2D eigenvalue weighted by atomic mass is 10.2. The first-order valence-corrected chi connectivity index (χ1v) is 9.67. The van der Waals surface area contributed by atoms with Crippen molar-refractivity contribution in [2.24, 2.45) is 0 Å². The quantitative estimate of drug-likeness (QED) is 0.451. The van der Waals surface area contributed by atoms with Gasteiger partial charge in [0.1, 0.15) is 5.75 Å². The first kappa shape index (κ1) is 20.3. The van der Waals surface area contributed by atoms with E-state index in [0.717, 1.165) is 5.56 Å². The summed E-state index contributed by atoms with van der Waals surface area (Å²) in [5.74, 6) is 0.105. The summed E-state index contributed by atoms with van der Waals surface area (Å²) in [5, 5.41) is 11.3. The van der Waals surface area contributed by atoms with Gasteiger partial charge in [-0.15, -0.1) is 16.8 Å². The Morgan fingerprint density at radius 3 is 2.69 bits per heavy atom. The van der Waals surface area contributed by atoms with Crippen LogP contribution in [0.5, 0.6) is 5.75 Å². The Bertz CT molecular complexity index is 1020. The molecule has 2 amide bonds. The summed E-state index contributed by atoms with van der Waals surface area (Å²) in [5.41, 5.74) is 1.15. The molecule has 8 nitrogen and oxygen atoms in total. The first-order valence-electron chi connectivity index (χ1n) is 8.68. The maximum atomic E-state index is 12.3. The number of carbonyl (C=O) groups excluding carboxylic acids is 2. The molecule has 2 aromatic heterocycles. The van der Waals surface area contributed by atoms with E-state index >= 15 is 0 Å². The second-order valence-corrected chi connectivity index (χ2v) is 6.75. The number of amides is 2. The molecular weight excluding hydrogens is 390 g/mol. The minimum Gasteiger partial charge on any atom is -0.496 e. The van der Waals surface area contributed by atoms with Gasteiger partial charge in [0.15, 0.2) is 11.0 Å². The summed E-state index contributed by atoms with van der Waals surface area (Å²) < 4.78 is 7.00. The highest BCUT2D eigenvalue weighted by atomic mass is 32.2. The number of ether oxygens (including phenoxy) is 1. The number of rotatable bonds is 8. The Kier molecular flexibility index (Phi) is 6.75. The van der Waals surface area contributed by atoms with E-state index in [9.17, 15) is 9.59 Å². The van der Waals surface area contributed by atoms with Crippen molar-refractivity contribution >= 4 is 23.6 Å². The summed E-state index contributed by atoms with van der Waals surface area (Å²) in [6, 6.07) is 10.4. The molecule has 3 rings (SSSR count). The SMILES string of the molecule is C=CCn1c(SCC(=O)NC(=O)c2ccccc2OC)nnc1-c1ccncc1. The third-order valence-electron chi connectivity index (χ3n) is 3.90. The number of aromatic nitrogens is 4. The van der Waals surface area contributed by atoms with Crippen LogP contribution in [0.2, 0.25) is 0 Å². The lowest BCUT2D eigenvalue weighted by Gasteiger charge is -2.09. The molecule has 1 aromatic carbocycles. The summed E-state index contributed by atoms with van der Waals surface area (Å²) in [6.07, 6.45) is 5.07. The van der Waals surface area contributed by atoms with Gasteiger partial charge in [0.2, 0.25) is 5.91 Å². The van der Waals surface area contributed by atoms with Crippen molar-refractivity contribution in [3.05, 3.63) is 67.0 Å². The summed E-state index contributed by atoms with van der Waals surface area (Å²) >= 11 is 1.19. The number of nitrogens with one attached hydrogen (secondary N) is 1. The number of benzene rings is 1. The molecule has 0 saturated carbocycles. The van der Waals surface area contributed by atoms with Gasteiger partial charge in [-0.25, -0.2) is 0 Å². The number of allylic oxidation sites excluding steroid dienone is 1. The molecule has 0 unspecified atom stereocenters. The van der Waals surface area contributed by atoms with E-state index in [1.165, 1.54) is 18.9 Å². The lowest BCUT2D eigenvalue weighted by Crippen LogP contribution is -2.32. The monoisotopic (exact) mass is 409 g/mol. The number of para-hydroxylation sites is 1. The molecule has 0 aliphatic rings. The van der Waals surface area contributed by atoms with Crippen molar-refractivity contribution in [2.45, 2.75) is 11.7 Å². The largest absolute Gasteiger partial charge is 0.496 e. The van der Waals surface area contributed by atoms with E-state index in [4.69, 9.17) is 4.74 Å². The topological polar surface area (TPSA) is 99.0 Å². The van der Waals surface area contributed by atoms with Crippen molar-refractivity contribution in [2.75, 3.05) is 12.9 Å². The second kappa shape index (κ2) is 9.65. The van der Waals surface area contributed by atoms with Crippen LogP contribution in [-0.4, -0.2) is 44.4 Å². The molecule has 0 bridgehead atoms. The average molecular weight is 409 g/mol. The number of methoxy groups -OCH3 is 1. The Morgan fingerprint density at radius 2 is 1.97 bits per heavy atom. The fraction of sp³-hybridized carbons (Fsp3) is 0.150. The van der Waals surface area contributed by atoms with Crippen LogP contribution in [0.1, 0.15) is 10.4 Å². The van der Waals surface area contributed by atoms with Crippen LogP contribution in [0.25, 0.3) is 11.4 Å². The molecule has 0 aliphatic carbocycles. The standard InChI is InChI=1S/C20H19N5O3S/c1-3-12-25-18(14-8-10-21-11-9-14)23-24-20(25)29-13-17(26)22-19(27)15-6-4-5-7-16(15)28-2/h3-11H,1,12-13H2,2H3,(H,22,26,27). The fourth-order valence-corrected chi connectivity index (χ4v) is 3.34. The van der Waals surface area contributed by atoms with Crippen LogP contribution in [0, 0.1) is 0 Å². The van der Waals surface area contributed by atoms with Crippen molar-refractivity contribution in [3.8, 4) is 17.1 Å². The zero-order valence-electron chi connectivity index (χ0n) is 15.7. The number of hydrogen-bond acceptors (Lipinski definition) is 7. The van der Waals surface area contributed by atoms with Crippen LogP contribution < -0.4 is 10.1 Å². The Labute approximate surface area is 172 Å². The highest BCUT2D eigenvalue weighted by Crippen LogP contribution is 2.23. The predicted molar refractivity (Wildman–Crippen MR) is 110 cm³/mol. The Morgan fingerprint density at radius 1 is 1.21 bits per heavy atom. The second-order valence-electron chi connectivity index (χ2n) is 5.81. The van der Waals surface area contributed by atoms with Crippen LogP contribution in [0.3, 0.4) is 0 Å². The fourth-order valence-electron chi connectivity index (χ4n) is 2.60. The number of carbonyl (C=O) groups is 2. The molecule has 0 fully saturated rings. The van der Waals surface area contributed by atoms with Crippen molar-refractivity contribution in [1.29, 1.82) is 0 Å². The summed E-state index contributed by atoms with van der Waals surface area (Å²) in [7, 11) is 1.47. The maximum Gasteiger partial charge on any atom is 0.261 e. The number of imide groups is 1. The van der Waals surface area contributed by atoms with Crippen LogP contribution in [0.4, 0.5) is 0 Å². The highest BCUT2D eigenvalue weighted by molar-refractivity contribution is 7.99. The van der Waals surface area contributed by atoms with E-state index in [2.05, 4.69) is 27.1 Å². The normalized spacial score (nSPS) is 10.4. The minimum atomic E-state index is -0.516. The number of hydrogen-bond donors (Lipinski definition) is 1. The number of pyridine rings is 1. The molecule has 3 aromatic rings. The van der Waals surface area contributed by atoms with Gasteiger partial charge in [-0.3, -0.25) is 24.5 Å². The van der Waals surface area contributed by atoms with E-state index < -0.39 is 11.8 Å².